The van der Waals surface area contributed by atoms with Crippen LogP contribution in [0.4, 0.5) is 8.78 Å². The van der Waals surface area contributed by atoms with Gasteiger partial charge in [0.1, 0.15) is 0 Å². The minimum atomic E-state index is -2.96. The van der Waals surface area contributed by atoms with Crippen molar-refractivity contribution in [3.63, 3.8) is 0 Å². The molecule has 2 unspecified atom stereocenters. The third kappa shape index (κ3) is 5.96. The highest BCUT2D eigenvalue weighted by molar-refractivity contribution is 6.00. The molecule has 39 heavy (non-hydrogen) atoms. The highest BCUT2D eigenvalue weighted by Crippen LogP contribution is 2.39. The van der Waals surface area contributed by atoms with E-state index in [0.29, 0.717) is 30.4 Å². The third-order valence-electron chi connectivity index (χ3n) is 7.96. The lowest BCUT2D eigenvalue weighted by Crippen LogP contribution is -2.52. The lowest BCUT2D eigenvalue weighted by atomic mass is 9.87. The first-order valence-electron chi connectivity index (χ1n) is 13.3. The molecule has 1 heterocycles. The van der Waals surface area contributed by atoms with Crippen molar-refractivity contribution in [1.29, 1.82) is 0 Å². The van der Waals surface area contributed by atoms with Crippen molar-refractivity contribution in [2.45, 2.75) is 82.7 Å². The molecule has 0 spiro atoms. The molecular weight excluding hydrogens is 506 g/mol. The maximum absolute atomic E-state index is 13.4. The maximum atomic E-state index is 13.4. The number of hydrogen-bond donors (Lipinski definition) is 3. The number of amides is 2. The number of guanidine groups is 1. The number of nitrogens with one attached hydrogen (secondary N) is 1. The number of carbonyl (C=O) groups excluding carboxylic acids is 2. The Balaban J connectivity index is 1.63. The lowest BCUT2D eigenvalue weighted by molar-refractivity contribution is -0.137. The van der Waals surface area contributed by atoms with Gasteiger partial charge in [-0.2, -0.15) is 8.78 Å². The van der Waals surface area contributed by atoms with Crippen LogP contribution < -0.4 is 11.1 Å². The number of ether oxygens (including phenoxy) is 1. The van der Waals surface area contributed by atoms with Crippen molar-refractivity contribution >= 4 is 17.8 Å². The van der Waals surface area contributed by atoms with E-state index in [4.69, 9.17) is 5.73 Å². The number of nitrogens with two attached hydrogens (primary N) is 1. The summed E-state index contributed by atoms with van der Waals surface area (Å²) in [4.78, 5) is 32.7. The zero-order valence-corrected chi connectivity index (χ0v) is 22.5. The molecule has 10 heteroatoms. The van der Waals surface area contributed by atoms with Crippen LogP contribution in [-0.2, 0) is 16.0 Å². The molecule has 2 amide bonds. The Labute approximate surface area is 227 Å². The van der Waals surface area contributed by atoms with E-state index in [1.54, 1.807) is 31.2 Å². The Kier molecular flexibility index (Phi) is 8.37. The maximum Gasteiger partial charge on any atom is 0.345 e. The molecule has 0 aromatic heterocycles. The number of aliphatic imine (C=N–C) groups is 1. The van der Waals surface area contributed by atoms with Gasteiger partial charge in [-0.05, 0) is 55.0 Å². The number of alkyl halides is 2. The number of aliphatic hydroxyl groups is 1. The highest BCUT2D eigenvalue weighted by Gasteiger charge is 2.42. The second-order valence-electron chi connectivity index (χ2n) is 10.5. The molecule has 2 aromatic carbocycles. The van der Waals surface area contributed by atoms with Crippen molar-refractivity contribution in [3.8, 4) is 0 Å². The Hall–Kier alpha value is -3.37. The summed E-state index contributed by atoms with van der Waals surface area (Å²) in [5.41, 5.74) is 7.19. The Morgan fingerprint density at radius 1 is 1.21 bits per heavy atom. The van der Waals surface area contributed by atoms with Gasteiger partial charge in [0.15, 0.2) is 5.96 Å². The summed E-state index contributed by atoms with van der Waals surface area (Å²) in [5, 5.41) is 14.0. The number of benzene rings is 2. The molecule has 3 atom stereocenters. The first-order chi connectivity index (χ1) is 18.5. The van der Waals surface area contributed by atoms with E-state index in [0.717, 1.165) is 11.1 Å². The molecule has 2 aromatic rings. The van der Waals surface area contributed by atoms with Gasteiger partial charge in [0.25, 0.3) is 5.91 Å². The first-order valence-corrected chi connectivity index (χ1v) is 13.3. The molecule has 0 radical (unpaired) electrons. The molecule has 8 nitrogen and oxygen atoms in total. The van der Waals surface area contributed by atoms with Crippen LogP contribution in [0.5, 0.6) is 0 Å². The van der Waals surface area contributed by atoms with Crippen LogP contribution >= 0.6 is 0 Å². The van der Waals surface area contributed by atoms with Gasteiger partial charge >= 0.3 is 6.61 Å². The molecule has 2 aliphatic rings. The average Bonchev–Trinajstić information content (AvgIpc) is 3.16. The molecule has 210 valence electrons. The van der Waals surface area contributed by atoms with Crippen LogP contribution in [0.25, 0.3) is 0 Å². The fraction of sp³-hybridized carbons (Fsp3) is 0.483. The number of carbonyl (C=O) groups is 2. The molecule has 0 bridgehead atoms. The summed E-state index contributed by atoms with van der Waals surface area (Å²) >= 11 is 0. The molecule has 1 aliphatic carbocycles. The topological polar surface area (TPSA) is 117 Å². The summed E-state index contributed by atoms with van der Waals surface area (Å²) in [7, 11) is 0. The Morgan fingerprint density at radius 2 is 1.92 bits per heavy atom. The molecule has 0 saturated carbocycles. The SMILES string of the molecule is CCC1(CC)CC(=O)N(C(CCOC(F)F)c2cccc(C(=O)N[C@@H]3c4ccccc4CC3(C)O)c2)C(N)=N1. The largest absolute Gasteiger partial charge is 0.387 e. The fourth-order valence-electron chi connectivity index (χ4n) is 5.67. The van der Waals surface area contributed by atoms with E-state index in [1.165, 1.54) is 4.90 Å². The van der Waals surface area contributed by atoms with Gasteiger partial charge in [0.2, 0.25) is 5.91 Å². The van der Waals surface area contributed by atoms with Gasteiger partial charge in [-0.3, -0.25) is 14.5 Å². The summed E-state index contributed by atoms with van der Waals surface area (Å²) in [6, 6.07) is 12.8. The Morgan fingerprint density at radius 3 is 2.59 bits per heavy atom. The summed E-state index contributed by atoms with van der Waals surface area (Å²) in [6.07, 6.45) is 1.84. The zero-order chi connectivity index (χ0) is 28.4. The molecule has 0 saturated heterocycles. The molecule has 4 N–H and O–H groups in total. The van der Waals surface area contributed by atoms with Crippen LogP contribution in [0, 0.1) is 0 Å². The molecule has 1 aliphatic heterocycles. The van der Waals surface area contributed by atoms with E-state index in [9.17, 15) is 23.5 Å². The van der Waals surface area contributed by atoms with Gasteiger partial charge in [-0.15, -0.1) is 0 Å². The van der Waals surface area contributed by atoms with Gasteiger partial charge in [-0.1, -0.05) is 50.2 Å². The van der Waals surface area contributed by atoms with E-state index in [2.05, 4.69) is 15.0 Å². The number of hydrogen-bond acceptors (Lipinski definition) is 6. The fourth-order valence-corrected chi connectivity index (χ4v) is 5.67. The normalized spacial score (nSPS) is 22.9. The van der Waals surface area contributed by atoms with E-state index in [-0.39, 0.29) is 31.3 Å². The van der Waals surface area contributed by atoms with Crippen molar-refractivity contribution in [3.05, 3.63) is 70.8 Å². The van der Waals surface area contributed by atoms with Crippen molar-refractivity contribution in [2.75, 3.05) is 6.61 Å². The van der Waals surface area contributed by atoms with Crippen LogP contribution in [-0.4, -0.2) is 52.1 Å². The summed E-state index contributed by atoms with van der Waals surface area (Å²) < 4.78 is 30.1. The van der Waals surface area contributed by atoms with Crippen molar-refractivity contribution in [1.82, 2.24) is 10.2 Å². The van der Waals surface area contributed by atoms with Gasteiger partial charge in [-0.25, -0.2) is 4.99 Å². The highest BCUT2D eigenvalue weighted by atomic mass is 19.3. The monoisotopic (exact) mass is 542 g/mol. The minimum Gasteiger partial charge on any atom is -0.387 e. The predicted molar refractivity (Wildman–Crippen MR) is 143 cm³/mol. The zero-order valence-electron chi connectivity index (χ0n) is 22.5. The van der Waals surface area contributed by atoms with Crippen LogP contribution in [0.15, 0.2) is 53.5 Å². The molecule has 0 fully saturated rings. The first kappa shape index (κ1) is 28.6. The van der Waals surface area contributed by atoms with Crippen molar-refractivity contribution < 1.29 is 28.2 Å². The van der Waals surface area contributed by atoms with Gasteiger partial charge in [0, 0.05) is 12.0 Å². The lowest BCUT2D eigenvalue weighted by Gasteiger charge is -2.40. The average molecular weight is 543 g/mol. The van der Waals surface area contributed by atoms with Gasteiger partial charge < -0.3 is 20.9 Å². The standard InChI is InChI=1S/C29H36F2N4O4/c1-4-29(5-2)17-23(36)35(27(32)34-29)22(13-14-39-26(30)31)18-10-8-11-19(15-18)25(37)33-24-21-12-7-6-9-20(21)16-28(24,3)38/h6-12,15,22,24,26,38H,4-5,13-14,16-17H2,1-3H3,(H2,32,34)(H,33,37)/t22?,24-,28?/m1/s1. The van der Waals surface area contributed by atoms with Crippen LogP contribution in [0.2, 0.25) is 0 Å². The third-order valence-corrected chi connectivity index (χ3v) is 7.96. The Bertz CT molecular complexity index is 1250. The predicted octanol–water partition coefficient (Wildman–Crippen LogP) is 4.24. The van der Waals surface area contributed by atoms with Crippen molar-refractivity contribution in [2.24, 2.45) is 10.7 Å². The smallest absolute Gasteiger partial charge is 0.345 e. The number of rotatable bonds is 10. The van der Waals surface area contributed by atoms with E-state index >= 15 is 0 Å². The number of fused-ring (bicyclic) bond motifs is 1. The number of halogens is 2. The van der Waals surface area contributed by atoms with E-state index < -0.39 is 35.7 Å². The van der Waals surface area contributed by atoms with Crippen LogP contribution in [0.1, 0.15) is 85.6 Å². The van der Waals surface area contributed by atoms with E-state index in [1.807, 2.05) is 38.1 Å². The van der Waals surface area contributed by atoms with Crippen LogP contribution in [0.3, 0.4) is 0 Å². The number of nitrogens with zero attached hydrogens (tertiary/aromatic N) is 2. The summed E-state index contributed by atoms with van der Waals surface area (Å²) in [5.74, 6) is -0.656. The second-order valence-corrected chi connectivity index (χ2v) is 10.5. The second kappa shape index (κ2) is 11.4. The molecular formula is C29H36F2N4O4. The quantitative estimate of drug-likeness (QED) is 0.415. The molecule has 4 rings (SSSR count). The summed E-state index contributed by atoms with van der Waals surface area (Å²) in [6.45, 7) is 2.29. The van der Waals surface area contributed by atoms with Gasteiger partial charge in [0.05, 0.1) is 36.3 Å². The minimum absolute atomic E-state index is 0.0189.